The van der Waals surface area contributed by atoms with Crippen molar-refractivity contribution in [2.75, 3.05) is 18.8 Å². The topological polar surface area (TPSA) is 3.24 Å². The fourth-order valence-electron chi connectivity index (χ4n) is 2.27. The molecular formula is C11H23NS. The third-order valence-electron chi connectivity index (χ3n) is 3.07. The van der Waals surface area contributed by atoms with Gasteiger partial charge < -0.3 is 4.90 Å². The molecule has 0 radical (unpaired) electrons. The highest BCUT2D eigenvalue weighted by molar-refractivity contribution is 7.80. The lowest BCUT2D eigenvalue weighted by Gasteiger charge is -2.28. The van der Waals surface area contributed by atoms with E-state index in [1.54, 1.807) is 0 Å². The summed E-state index contributed by atoms with van der Waals surface area (Å²) in [6, 6.07) is 0.863. The van der Waals surface area contributed by atoms with Crippen LogP contribution in [-0.2, 0) is 0 Å². The van der Waals surface area contributed by atoms with Gasteiger partial charge in [0.05, 0.1) is 0 Å². The average molecular weight is 201 g/mol. The molecule has 0 N–H and O–H groups in total. The fourth-order valence-corrected chi connectivity index (χ4v) is 2.41. The van der Waals surface area contributed by atoms with E-state index in [1.165, 1.54) is 51.6 Å². The molecule has 1 atom stereocenters. The average Bonchev–Trinajstić information content (AvgIpc) is 2.39. The molecule has 1 aliphatic heterocycles. The van der Waals surface area contributed by atoms with E-state index in [1.807, 2.05) is 0 Å². The Kier molecular flexibility index (Phi) is 5.88. The highest BCUT2D eigenvalue weighted by Crippen LogP contribution is 2.19. The first-order valence-electron chi connectivity index (χ1n) is 5.73. The standard InChI is InChI=1S/C11H23NS/c1-2-11-7-4-3-5-8-12(11)9-6-10-13/h11,13H,2-10H2,1H3. The van der Waals surface area contributed by atoms with Gasteiger partial charge in [-0.15, -0.1) is 0 Å². The first-order chi connectivity index (χ1) is 6.38. The summed E-state index contributed by atoms with van der Waals surface area (Å²) < 4.78 is 0. The van der Waals surface area contributed by atoms with Crippen molar-refractivity contribution in [1.82, 2.24) is 4.90 Å². The van der Waals surface area contributed by atoms with E-state index in [9.17, 15) is 0 Å². The van der Waals surface area contributed by atoms with Crippen LogP contribution in [0.3, 0.4) is 0 Å². The van der Waals surface area contributed by atoms with Crippen molar-refractivity contribution >= 4 is 12.6 Å². The van der Waals surface area contributed by atoms with Gasteiger partial charge >= 0.3 is 0 Å². The van der Waals surface area contributed by atoms with E-state index >= 15 is 0 Å². The lowest BCUT2D eigenvalue weighted by molar-refractivity contribution is 0.195. The molecule has 1 heterocycles. The van der Waals surface area contributed by atoms with Crippen molar-refractivity contribution in [3.8, 4) is 0 Å². The Morgan fingerprint density at radius 2 is 2.15 bits per heavy atom. The Balaban J connectivity index is 2.34. The van der Waals surface area contributed by atoms with Crippen LogP contribution in [0.2, 0.25) is 0 Å². The van der Waals surface area contributed by atoms with E-state index < -0.39 is 0 Å². The van der Waals surface area contributed by atoms with Crippen molar-refractivity contribution < 1.29 is 0 Å². The predicted molar refractivity (Wildman–Crippen MR) is 62.6 cm³/mol. The van der Waals surface area contributed by atoms with Crippen LogP contribution in [0.15, 0.2) is 0 Å². The number of thiol groups is 1. The molecule has 1 nitrogen and oxygen atoms in total. The molecule has 0 aromatic carbocycles. The molecule has 1 saturated heterocycles. The molecule has 13 heavy (non-hydrogen) atoms. The molecule has 1 fully saturated rings. The van der Waals surface area contributed by atoms with Crippen molar-refractivity contribution in [2.45, 2.75) is 51.5 Å². The maximum absolute atomic E-state index is 4.28. The Labute approximate surface area is 88.3 Å². The second kappa shape index (κ2) is 6.72. The maximum atomic E-state index is 4.28. The predicted octanol–water partition coefficient (Wildman–Crippen LogP) is 2.96. The second-order valence-electron chi connectivity index (χ2n) is 4.02. The lowest BCUT2D eigenvalue weighted by Crippen LogP contribution is -2.35. The summed E-state index contributed by atoms with van der Waals surface area (Å²) in [5.41, 5.74) is 0. The van der Waals surface area contributed by atoms with Gasteiger partial charge in [-0.3, -0.25) is 0 Å². The summed E-state index contributed by atoms with van der Waals surface area (Å²) in [5.74, 6) is 1.03. The molecule has 0 aromatic rings. The Bertz CT molecular complexity index is 127. The Morgan fingerprint density at radius 3 is 2.85 bits per heavy atom. The third-order valence-corrected chi connectivity index (χ3v) is 3.39. The third kappa shape index (κ3) is 3.90. The van der Waals surface area contributed by atoms with Crippen molar-refractivity contribution in [1.29, 1.82) is 0 Å². The zero-order chi connectivity index (χ0) is 9.52. The number of rotatable bonds is 4. The van der Waals surface area contributed by atoms with Gasteiger partial charge in [-0.25, -0.2) is 0 Å². The van der Waals surface area contributed by atoms with E-state index in [4.69, 9.17) is 0 Å². The van der Waals surface area contributed by atoms with E-state index in [-0.39, 0.29) is 0 Å². The van der Waals surface area contributed by atoms with Crippen LogP contribution < -0.4 is 0 Å². The molecule has 1 unspecified atom stereocenters. The summed E-state index contributed by atoms with van der Waals surface area (Å²) in [6.07, 6.45) is 8.28. The van der Waals surface area contributed by atoms with Crippen molar-refractivity contribution in [2.24, 2.45) is 0 Å². The van der Waals surface area contributed by atoms with Gasteiger partial charge in [-0.05, 0) is 44.5 Å². The van der Waals surface area contributed by atoms with Crippen LogP contribution >= 0.6 is 12.6 Å². The quantitative estimate of drug-likeness (QED) is 0.684. The molecule has 1 aliphatic rings. The van der Waals surface area contributed by atoms with E-state index in [0.29, 0.717) is 0 Å². The number of likely N-dealkylation sites (tertiary alicyclic amines) is 1. The minimum Gasteiger partial charge on any atom is -0.300 e. The van der Waals surface area contributed by atoms with Crippen LogP contribution in [0.25, 0.3) is 0 Å². The highest BCUT2D eigenvalue weighted by atomic mass is 32.1. The number of hydrogen-bond acceptors (Lipinski definition) is 2. The largest absolute Gasteiger partial charge is 0.300 e. The maximum Gasteiger partial charge on any atom is 0.00926 e. The molecule has 1 rings (SSSR count). The minimum atomic E-state index is 0.863. The van der Waals surface area contributed by atoms with Crippen LogP contribution in [0.4, 0.5) is 0 Å². The van der Waals surface area contributed by atoms with Gasteiger partial charge in [0.1, 0.15) is 0 Å². The van der Waals surface area contributed by atoms with Crippen LogP contribution in [0.1, 0.15) is 45.4 Å². The Morgan fingerprint density at radius 1 is 1.31 bits per heavy atom. The lowest BCUT2D eigenvalue weighted by atomic mass is 10.1. The molecule has 0 bridgehead atoms. The molecule has 0 aliphatic carbocycles. The summed E-state index contributed by atoms with van der Waals surface area (Å²) in [4.78, 5) is 2.68. The first kappa shape index (κ1) is 11.4. The molecule has 2 heteroatoms. The van der Waals surface area contributed by atoms with E-state index in [0.717, 1.165) is 11.8 Å². The number of nitrogens with zero attached hydrogens (tertiary/aromatic N) is 1. The first-order valence-corrected chi connectivity index (χ1v) is 6.36. The summed E-state index contributed by atoms with van der Waals surface area (Å²) in [6.45, 7) is 4.91. The van der Waals surface area contributed by atoms with Crippen LogP contribution in [0.5, 0.6) is 0 Å². The van der Waals surface area contributed by atoms with E-state index in [2.05, 4.69) is 24.5 Å². The molecule has 0 spiro atoms. The Hall–Kier alpha value is 0.310. The smallest absolute Gasteiger partial charge is 0.00926 e. The van der Waals surface area contributed by atoms with Gasteiger partial charge in [0, 0.05) is 6.04 Å². The van der Waals surface area contributed by atoms with Gasteiger partial charge in [0.2, 0.25) is 0 Å². The van der Waals surface area contributed by atoms with Crippen molar-refractivity contribution in [3.63, 3.8) is 0 Å². The van der Waals surface area contributed by atoms with Gasteiger partial charge in [-0.2, -0.15) is 12.6 Å². The zero-order valence-corrected chi connectivity index (χ0v) is 9.73. The van der Waals surface area contributed by atoms with Gasteiger partial charge in [0.25, 0.3) is 0 Å². The zero-order valence-electron chi connectivity index (χ0n) is 8.84. The van der Waals surface area contributed by atoms with Crippen LogP contribution in [0, 0.1) is 0 Å². The highest BCUT2D eigenvalue weighted by Gasteiger charge is 2.17. The van der Waals surface area contributed by atoms with Crippen LogP contribution in [-0.4, -0.2) is 29.8 Å². The normalized spacial score (nSPS) is 25.8. The minimum absolute atomic E-state index is 0.863. The molecule has 0 saturated carbocycles. The van der Waals surface area contributed by atoms with Crippen molar-refractivity contribution in [3.05, 3.63) is 0 Å². The SMILES string of the molecule is CCC1CCCCCN1CCCS. The summed E-state index contributed by atoms with van der Waals surface area (Å²) >= 11 is 4.28. The number of hydrogen-bond donors (Lipinski definition) is 1. The molecule has 0 amide bonds. The fraction of sp³-hybridized carbons (Fsp3) is 1.00. The molecule has 0 aromatic heterocycles. The van der Waals surface area contributed by atoms with Gasteiger partial charge in [0.15, 0.2) is 0 Å². The molecular weight excluding hydrogens is 178 g/mol. The molecule has 78 valence electrons. The summed E-state index contributed by atoms with van der Waals surface area (Å²) in [5, 5.41) is 0. The monoisotopic (exact) mass is 201 g/mol. The summed E-state index contributed by atoms with van der Waals surface area (Å²) in [7, 11) is 0. The second-order valence-corrected chi connectivity index (χ2v) is 4.47. The van der Waals surface area contributed by atoms with Gasteiger partial charge in [-0.1, -0.05) is 19.8 Å².